The molecule has 26 heavy (non-hydrogen) atoms. The standard InChI is InChI=1S/C19H23ClO6/c1-10(9-13(20)17(24)18(25)26)14(21)5-3-11-12-4-6-16(23)19(12,2)8-7-15(11)22/h9-12H,3-8H2,1-2H3,(H,25,26)/t10?,11?,12-,19-/m0/s1. The number of carbonyl (C=O) groups excluding carboxylic acids is 4. The Morgan fingerprint density at radius 2 is 1.96 bits per heavy atom. The van der Waals surface area contributed by atoms with Crippen molar-refractivity contribution < 1.29 is 29.1 Å². The number of carboxylic acid groups (broad SMARTS) is 1. The van der Waals surface area contributed by atoms with E-state index in [1.54, 1.807) is 0 Å². The summed E-state index contributed by atoms with van der Waals surface area (Å²) in [7, 11) is 0. The molecule has 0 aliphatic heterocycles. The van der Waals surface area contributed by atoms with Gasteiger partial charge in [-0.25, -0.2) is 4.79 Å². The van der Waals surface area contributed by atoms with Crippen LogP contribution in [-0.4, -0.2) is 34.2 Å². The molecule has 0 aromatic carbocycles. The number of rotatable bonds is 7. The number of ketones is 4. The average Bonchev–Trinajstić information content (AvgIpc) is 2.88. The van der Waals surface area contributed by atoms with Crippen molar-refractivity contribution in [2.75, 3.05) is 0 Å². The van der Waals surface area contributed by atoms with E-state index in [4.69, 9.17) is 16.7 Å². The van der Waals surface area contributed by atoms with Gasteiger partial charge in [0.25, 0.3) is 5.78 Å². The minimum Gasteiger partial charge on any atom is -0.475 e. The minimum atomic E-state index is -1.68. The van der Waals surface area contributed by atoms with E-state index in [2.05, 4.69) is 0 Å². The highest BCUT2D eigenvalue weighted by Crippen LogP contribution is 2.52. The van der Waals surface area contributed by atoms with Gasteiger partial charge in [0.05, 0.1) is 5.03 Å². The van der Waals surface area contributed by atoms with Crippen LogP contribution in [0.5, 0.6) is 0 Å². The zero-order valence-electron chi connectivity index (χ0n) is 14.9. The van der Waals surface area contributed by atoms with E-state index in [0.717, 1.165) is 6.08 Å². The number of hydrogen-bond donors (Lipinski definition) is 1. The highest BCUT2D eigenvalue weighted by molar-refractivity contribution is 6.56. The van der Waals surface area contributed by atoms with E-state index in [1.165, 1.54) is 6.92 Å². The molecule has 2 saturated carbocycles. The summed E-state index contributed by atoms with van der Waals surface area (Å²) in [6.45, 7) is 3.46. The lowest BCUT2D eigenvalue weighted by Crippen LogP contribution is -2.42. The van der Waals surface area contributed by atoms with Crippen LogP contribution < -0.4 is 0 Å². The van der Waals surface area contributed by atoms with Crippen LogP contribution in [-0.2, 0) is 24.0 Å². The van der Waals surface area contributed by atoms with Gasteiger partial charge in [0.2, 0.25) is 0 Å². The summed E-state index contributed by atoms with van der Waals surface area (Å²) in [5.41, 5.74) is -0.454. The van der Waals surface area contributed by atoms with Crippen molar-refractivity contribution >= 4 is 40.7 Å². The van der Waals surface area contributed by atoms with Gasteiger partial charge in [-0.1, -0.05) is 31.5 Å². The molecule has 2 fully saturated rings. The van der Waals surface area contributed by atoms with Crippen molar-refractivity contribution in [3.63, 3.8) is 0 Å². The van der Waals surface area contributed by atoms with Gasteiger partial charge in [-0.05, 0) is 25.2 Å². The first-order valence-corrected chi connectivity index (χ1v) is 9.19. The van der Waals surface area contributed by atoms with Crippen LogP contribution >= 0.6 is 11.6 Å². The number of aliphatic carboxylic acids is 1. The van der Waals surface area contributed by atoms with Gasteiger partial charge in [0.1, 0.15) is 17.3 Å². The zero-order chi connectivity index (χ0) is 19.6. The number of carbonyl (C=O) groups is 5. The van der Waals surface area contributed by atoms with Crippen LogP contribution in [0.25, 0.3) is 0 Å². The smallest absolute Gasteiger partial charge is 0.378 e. The Balaban J connectivity index is 2.01. The molecule has 0 bridgehead atoms. The second-order valence-corrected chi connectivity index (χ2v) is 7.91. The Kier molecular flexibility index (Phi) is 6.17. The lowest BCUT2D eigenvalue weighted by Gasteiger charge is -2.39. The van der Waals surface area contributed by atoms with Crippen molar-refractivity contribution in [3.8, 4) is 0 Å². The third-order valence-corrected chi connectivity index (χ3v) is 6.24. The first-order valence-electron chi connectivity index (χ1n) is 8.81. The first kappa shape index (κ1) is 20.5. The van der Waals surface area contributed by atoms with Gasteiger partial charge in [-0.15, -0.1) is 0 Å². The van der Waals surface area contributed by atoms with Crippen LogP contribution in [0.4, 0.5) is 0 Å². The first-order chi connectivity index (χ1) is 12.1. The van der Waals surface area contributed by atoms with Crippen molar-refractivity contribution in [2.24, 2.45) is 23.2 Å². The van der Waals surface area contributed by atoms with E-state index < -0.39 is 28.1 Å². The van der Waals surface area contributed by atoms with Crippen molar-refractivity contribution in [2.45, 2.75) is 52.4 Å². The Hall–Kier alpha value is -1.82. The van der Waals surface area contributed by atoms with E-state index in [1.807, 2.05) is 6.92 Å². The Morgan fingerprint density at radius 3 is 2.58 bits per heavy atom. The Morgan fingerprint density at radius 1 is 1.31 bits per heavy atom. The van der Waals surface area contributed by atoms with E-state index in [9.17, 15) is 24.0 Å². The van der Waals surface area contributed by atoms with E-state index in [-0.39, 0.29) is 35.6 Å². The van der Waals surface area contributed by atoms with E-state index in [0.29, 0.717) is 32.1 Å². The van der Waals surface area contributed by atoms with Gasteiger partial charge in [0.15, 0.2) is 0 Å². The molecule has 142 valence electrons. The normalized spacial score (nSPS) is 30.0. The molecule has 7 heteroatoms. The van der Waals surface area contributed by atoms with Gasteiger partial charge in [-0.3, -0.25) is 19.2 Å². The molecule has 0 saturated heterocycles. The number of halogens is 1. The molecule has 6 nitrogen and oxygen atoms in total. The molecule has 2 rings (SSSR count). The maximum Gasteiger partial charge on any atom is 0.378 e. The average molecular weight is 383 g/mol. The molecule has 1 N–H and O–H groups in total. The quantitative estimate of drug-likeness (QED) is 0.536. The van der Waals surface area contributed by atoms with Gasteiger partial charge < -0.3 is 5.11 Å². The predicted octanol–water partition coefficient (Wildman–Crippen LogP) is 2.71. The minimum absolute atomic E-state index is 0.00734. The molecule has 0 spiro atoms. The van der Waals surface area contributed by atoms with Crippen LogP contribution in [0, 0.1) is 23.2 Å². The monoisotopic (exact) mass is 382 g/mol. The summed E-state index contributed by atoms with van der Waals surface area (Å²) in [6, 6.07) is 0. The van der Waals surface area contributed by atoms with Crippen molar-refractivity contribution in [3.05, 3.63) is 11.1 Å². The fourth-order valence-corrected chi connectivity index (χ4v) is 4.51. The zero-order valence-corrected chi connectivity index (χ0v) is 15.7. The van der Waals surface area contributed by atoms with Gasteiger partial charge >= 0.3 is 5.97 Å². The molecular formula is C19H23ClO6. The summed E-state index contributed by atoms with van der Waals surface area (Å²) in [4.78, 5) is 58.7. The summed E-state index contributed by atoms with van der Waals surface area (Å²) >= 11 is 5.63. The molecule has 2 aliphatic carbocycles. The maximum absolute atomic E-state index is 12.3. The summed E-state index contributed by atoms with van der Waals surface area (Å²) in [6.07, 6.45) is 3.76. The molecule has 2 aliphatic rings. The molecule has 0 aromatic heterocycles. The predicted molar refractivity (Wildman–Crippen MR) is 93.6 cm³/mol. The van der Waals surface area contributed by atoms with Crippen molar-refractivity contribution in [1.29, 1.82) is 0 Å². The molecular weight excluding hydrogens is 360 g/mol. The molecule has 0 aromatic rings. The molecule has 2 unspecified atom stereocenters. The fraction of sp³-hybridized carbons (Fsp3) is 0.632. The lowest BCUT2D eigenvalue weighted by atomic mass is 9.62. The van der Waals surface area contributed by atoms with Crippen molar-refractivity contribution in [1.82, 2.24) is 0 Å². The van der Waals surface area contributed by atoms with Crippen LogP contribution in [0.2, 0.25) is 0 Å². The number of allylic oxidation sites excluding steroid dienone is 1. The van der Waals surface area contributed by atoms with E-state index >= 15 is 0 Å². The largest absolute Gasteiger partial charge is 0.475 e. The lowest BCUT2D eigenvalue weighted by molar-refractivity contribution is -0.147. The van der Waals surface area contributed by atoms with Crippen LogP contribution in [0.1, 0.15) is 52.4 Å². The number of fused-ring (bicyclic) bond motifs is 1. The second-order valence-electron chi connectivity index (χ2n) is 7.50. The summed E-state index contributed by atoms with van der Waals surface area (Å²) in [5, 5.41) is 8.12. The highest BCUT2D eigenvalue weighted by Gasteiger charge is 2.53. The number of carboxylic acids is 1. The molecule has 0 amide bonds. The molecule has 4 atom stereocenters. The number of Topliss-reactive ketones (excluding diaryl/α,β-unsaturated/α-hetero) is 4. The number of hydrogen-bond acceptors (Lipinski definition) is 5. The van der Waals surface area contributed by atoms with Crippen LogP contribution in [0.3, 0.4) is 0 Å². The highest BCUT2D eigenvalue weighted by atomic mass is 35.5. The third kappa shape index (κ3) is 3.95. The molecule has 0 radical (unpaired) electrons. The Bertz CT molecular complexity index is 694. The topological polar surface area (TPSA) is 106 Å². The Labute approximate surface area is 157 Å². The summed E-state index contributed by atoms with van der Waals surface area (Å²) in [5.74, 6) is -3.85. The second kappa shape index (κ2) is 7.82. The van der Waals surface area contributed by atoms with Crippen LogP contribution in [0.15, 0.2) is 11.1 Å². The SMILES string of the molecule is CC(C=C(Cl)C(=O)C(=O)O)C(=O)CCC1C(=O)CC[C@]2(C)C(=O)CC[C@@H]12. The van der Waals surface area contributed by atoms with Gasteiger partial charge in [-0.2, -0.15) is 0 Å². The molecule has 0 heterocycles. The maximum atomic E-state index is 12.3. The third-order valence-electron chi connectivity index (χ3n) is 5.94. The summed E-state index contributed by atoms with van der Waals surface area (Å²) < 4.78 is 0. The van der Waals surface area contributed by atoms with Gasteiger partial charge in [0, 0.05) is 36.5 Å². The fourth-order valence-electron chi connectivity index (χ4n) is 4.24.